The number of nitrogens with two attached hydrogens (primary N) is 1. The molecular weight excluding hydrogens is 262 g/mol. The molecule has 1 amide bonds. The van der Waals surface area contributed by atoms with Gasteiger partial charge in [-0.05, 0) is 18.4 Å². The molecule has 0 aliphatic rings. The zero-order valence-electron chi connectivity index (χ0n) is 11.0. The highest BCUT2D eigenvalue weighted by Crippen LogP contribution is 2.15. The normalized spacial score (nSPS) is 11.3. The highest BCUT2D eigenvalue weighted by Gasteiger charge is 2.15. The Morgan fingerprint density at radius 2 is 2.05 bits per heavy atom. The van der Waals surface area contributed by atoms with Crippen LogP contribution in [0.5, 0.6) is 0 Å². The van der Waals surface area contributed by atoms with E-state index in [-0.39, 0.29) is 11.7 Å². The van der Waals surface area contributed by atoms with Crippen LogP contribution >= 0.6 is 11.8 Å². The summed E-state index contributed by atoms with van der Waals surface area (Å²) in [5.74, 6) is 0.955. The molecule has 0 unspecified atom stereocenters. The molecule has 104 valence electrons. The first-order chi connectivity index (χ1) is 9.19. The molecule has 1 rings (SSSR count). The largest absolute Gasteiger partial charge is 0.409 e. The smallest absolute Gasteiger partial charge is 0.227 e. The molecule has 0 aliphatic carbocycles. The number of carbonyl (C=O) groups is 1. The highest BCUT2D eigenvalue weighted by molar-refractivity contribution is 7.98. The van der Waals surface area contributed by atoms with E-state index in [1.165, 1.54) is 0 Å². The Hall–Kier alpha value is -1.69. The minimum absolute atomic E-state index is 0.0475. The van der Waals surface area contributed by atoms with E-state index in [0.29, 0.717) is 19.4 Å². The Bertz CT molecular complexity index is 423. The van der Waals surface area contributed by atoms with E-state index in [0.717, 1.165) is 11.4 Å². The van der Waals surface area contributed by atoms with Gasteiger partial charge in [-0.15, -0.1) is 0 Å². The van der Waals surface area contributed by atoms with Crippen LogP contribution in [0.3, 0.4) is 0 Å². The number of carbonyl (C=O) groups excluding carboxylic acids is 1. The number of benzene rings is 1. The number of thioether (sulfide) groups is 1. The minimum atomic E-state index is 0.0475. The lowest BCUT2D eigenvalue weighted by Gasteiger charge is -2.22. The van der Waals surface area contributed by atoms with Crippen molar-refractivity contribution in [3.63, 3.8) is 0 Å². The molecule has 0 bridgehead atoms. The number of nitrogens with zero attached hydrogens (tertiary/aromatic N) is 2. The third kappa shape index (κ3) is 5.21. The fourth-order valence-corrected chi connectivity index (χ4v) is 1.99. The number of oxime groups is 1. The van der Waals surface area contributed by atoms with Crippen molar-refractivity contribution in [1.29, 1.82) is 0 Å². The summed E-state index contributed by atoms with van der Waals surface area (Å²) in [6.07, 6.45) is 2.79. The Balaban J connectivity index is 2.76. The Labute approximate surface area is 117 Å². The standard InChI is InChI=1S/C13H19N3O2S/c1-19-10-8-13(17)16(9-7-12(14)15-18)11-5-3-2-4-6-11/h2-6,18H,7-10H2,1H3,(H2,14,15). The minimum Gasteiger partial charge on any atom is -0.409 e. The van der Waals surface area contributed by atoms with Gasteiger partial charge in [0.1, 0.15) is 5.84 Å². The summed E-state index contributed by atoms with van der Waals surface area (Å²) in [5, 5.41) is 11.5. The average Bonchev–Trinajstić information content (AvgIpc) is 2.46. The van der Waals surface area contributed by atoms with Gasteiger partial charge in [-0.2, -0.15) is 11.8 Å². The van der Waals surface area contributed by atoms with E-state index in [1.54, 1.807) is 16.7 Å². The molecule has 0 fully saturated rings. The van der Waals surface area contributed by atoms with E-state index in [2.05, 4.69) is 5.16 Å². The molecule has 0 spiro atoms. The van der Waals surface area contributed by atoms with E-state index in [1.807, 2.05) is 36.6 Å². The van der Waals surface area contributed by atoms with Crippen molar-refractivity contribution in [2.45, 2.75) is 12.8 Å². The molecule has 0 heterocycles. The van der Waals surface area contributed by atoms with Gasteiger partial charge in [-0.1, -0.05) is 23.4 Å². The van der Waals surface area contributed by atoms with Gasteiger partial charge in [0.2, 0.25) is 5.91 Å². The highest BCUT2D eigenvalue weighted by atomic mass is 32.2. The van der Waals surface area contributed by atoms with Gasteiger partial charge in [-0.25, -0.2) is 0 Å². The van der Waals surface area contributed by atoms with Crippen LogP contribution in [-0.2, 0) is 4.79 Å². The van der Waals surface area contributed by atoms with Crippen LogP contribution < -0.4 is 10.6 Å². The fourth-order valence-electron chi connectivity index (χ4n) is 1.61. The van der Waals surface area contributed by atoms with Crippen molar-refractivity contribution < 1.29 is 10.0 Å². The van der Waals surface area contributed by atoms with Gasteiger partial charge in [-0.3, -0.25) is 4.79 Å². The molecule has 3 N–H and O–H groups in total. The second kappa shape index (κ2) is 8.42. The van der Waals surface area contributed by atoms with Crippen LogP contribution in [0, 0.1) is 0 Å². The second-order valence-electron chi connectivity index (χ2n) is 3.97. The van der Waals surface area contributed by atoms with Crippen molar-refractivity contribution >= 4 is 29.2 Å². The van der Waals surface area contributed by atoms with Gasteiger partial charge < -0.3 is 15.8 Å². The fraction of sp³-hybridized carbons (Fsp3) is 0.385. The van der Waals surface area contributed by atoms with Gasteiger partial charge >= 0.3 is 0 Å². The van der Waals surface area contributed by atoms with E-state index >= 15 is 0 Å². The molecule has 5 nitrogen and oxygen atoms in total. The maximum absolute atomic E-state index is 12.2. The number of para-hydroxylation sites is 1. The first kappa shape index (κ1) is 15.4. The zero-order chi connectivity index (χ0) is 14.1. The molecule has 0 atom stereocenters. The van der Waals surface area contributed by atoms with Crippen LogP contribution in [0.2, 0.25) is 0 Å². The topological polar surface area (TPSA) is 78.9 Å². The third-order valence-electron chi connectivity index (χ3n) is 2.61. The maximum atomic E-state index is 12.2. The van der Waals surface area contributed by atoms with Crippen molar-refractivity contribution in [2.24, 2.45) is 10.9 Å². The van der Waals surface area contributed by atoms with E-state index in [9.17, 15) is 4.79 Å². The number of hydrogen-bond acceptors (Lipinski definition) is 4. The van der Waals surface area contributed by atoms with Crippen molar-refractivity contribution in [1.82, 2.24) is 0 Å². The van der Waals surface area contributed by atoms with Crippen LogP contribution in [0.4, 0.5) is 5.69 Å². The van der Waals surface area contributed by atoms with Gasteiger partial charge in [0.15, 0.2) is 0 Å². The lowest BCUT2D eigenvalue weighted by molar-refractivity contribution is -0.118. The summed E-state index contributed by atoms with van der Waals surface area (Å²) in [7, 11) is 0. The Morgan fingerprint density at radius 3 is 2.63 bits per heavy atom. The first-order valence-electron chi connectivity index (χ1n) is 5.99. The molecule has 6 heteroatoms. The quantitative estimate of drug-likeness (QED) is 0.346. The molecular formula is C13H19N3O2S. The van der Waals surface area contributed by atoms with E-state index in [4.69, 9.17) is 10.9 Å². The van der Waals surface area contributed by atoms with Crippen LogP contribution in [0.1, 0.15) is 12.8 Å². The number of amides is 1. The Kier molecular flexibility index (Phi) is 6.81. The van der Waals surface area contributed by atoms with Gasteiger partial charge in [0.05, 0.1) is 0 Å². The average molecular weight is 281 g/mol. The molecule has 0 aromatic heterocycles. The maximum Gasteiger partial charge on any atom is 0.227 e. The number of amidine groups is 1. The number of rotatable bonds is 7. The second-order valence-corrected chi connectivity index (χ2v) is 4.95. The summed E-state index contributed by atoms with van der Waals surface area (Å²) in [5.41, 5.74) is 6.29. The molecule has 0 radical (unpaired) electrons. The number of hydrogen-bond donors (Lipinski definition) is 2. The molecule has 19 heavy (non-hydrogen) atoms. The van der Waals surface area contributed by atoms with Crippen molar-refractivity contribution in [3.05, 3.63) is 30.3 Å². The summed E-state index contributed by atoms with van der Waals surface area (Å²) >= 11 is 1.64. The van der Waals surface area contributed by atoms with E-state index < -0.39 is 0 Å². The predicted molar refractivity (Wildman–Crippen MR) is 79.8 cm³/mol. The monoisotopic (exact) mass is 281 g/mol. The lowest BCUT2D eigenvalue weighted by atomic mass is 10.2. The molecule has 1 aromatic rings. The van der Waals surface area contributed by atoms with Crippen molar-refractivity contribution in [3.8, 4) is 0 Å². The first-order valence-corrected chi connectivity index (χ1v) is 7.39. The summed E-state index contributed by atoms with van der Waals surface area (Å²) in [4.78, 5) is 13.8. The number of anilines is 1. The van der Waals surface area contributed by atoms with Crippen LogP contribution in [-0.4, -0.2) is 35.5 Å². The SMILES string of the molecule is CSCCC(=O)N(CCC(N)=NO)c1ccccc1. The van der Waals surface area contributed by atoms with Crippen LogP contribution in [0.15, 0.2) is 35.5 Å². The Morgan fingerprint density at radius 1 is 1.37 bits per heavy atom. The molecule has 0 saturated carbocycles. The molecule has 1 aromatic carbocycles. The van der Waals surface area contributed by atoms with Crippen molar-refractivity contribution in [2.75, 3.05) is 23.5 Å². The summed E-state index contributed by atoms with van der Waals surface area (Å²) in [6.45, 7) is 0.410. The predicted octanol–water partition coefficient (Wildman–Crippen LogP) is 1.91. The van der Waals surface area contributed by atoms with Gasteiger partial charge in [0, 0.05) is 30.8 Å². The third-order valence-corrected chi connectivity index (χ3v) is 3.22. The summed E-state index contributed by atoms with van der Waals surface area (Å²) < 4.78 is 0. The zero-order valence-corrected chi connectivity index (χ0v) is 11.8. The lowest BCUT2D eigenvalue weighted by Crippen LogP contribution is -2.34. The van der Waals surface area contributed by atoms with Crippen LogP contribution in [0.25, 0.3) is 0 Å². The van der Waals surface area contributed by atoms with Gasteiger partial charge in [0.25, 0.3) is 0 Å². The molecule has 0 saturated heterocycles. The summed E-state index contributed by atoms with van der Waals surface area (Å²) in [6, 6.07) is 9.42. The molecule has 0 aliphatic heterocycles.